The quantitative estimate of drug-likeness (QED) is 0.686. The number of carbonyl (C=O) groups is 1. The number of anilines is 1. The van der Waals surface area contributed by atoms with Crippen LogP contribution in [0.1, 0.15) is 24.5 Å². The topological polar surface area (TPSA) is 67.2 Å². The molecule has 3 rings (SSSR count). The third-order valence-electron chi connectivity index (χ3n) is 3.97. The molecule has 0 aliphatic heterocycles. The second-order valence-electron chi connectivity index (χ2n) is 5.86. The average Bonchev–Trinajstić information content (AvgIpc) is 3.00. The Labute approximate surface area is 151 Å². The predicted octanol–water partition coefficient (Wildman–Crippen LogP) is 4.33. The Morgan fingerprint density at radius 3 is 2.68 bits per heavy atom. The smallest absolute Gasteiger partial charge is 0.227 e. The van der Waals surface area contributed by atoms with E-state index in [2.05, 4.69) is 41.6 Å². The van der Waals surface area contributed by atoms with Crippen LogP contribution in [0.5, 0.6) is 0 Å². The Bertz CT molecular complexity index is 962. The van der Waals surface area contributed by atoms with Gasteiger partial charge in [-0.3, -0.25) is 4.79 Å². The highest BCUT2D eigenvalue weighted by Crippen LogP contribution is 2.27. The van der Waals surface area contributed by atoms with Gasteiger partial charge in [-0.15, -0.1) is 0 Å². The summed E-state index contributed by atoms with van der Waals surface area (Å²) in [6.07, 6.45) is 0.378. The van der Waals surface area contributed by atoms with Crippen LogP contribution in [0, 0.1) is 13.8 Å². The van der Waals surface area contributed by atoms with E-state index >= 15 is 0 Å². The number of nitrogens with one attached hydrogen (secondary N) is 2. The van der Waals surface area contributed by atoms with E-state index in [4.69, 9.17) is 16.6 Å². The fourth-order valence-corrected chi connectivity index (χ4v) is 2.61. The van der Waals surface area contributed by atoms with Crippen LogP contribution in [0.15, 0.2) is 40.8 Å². The predicted molar refractivity (Wildman–Crippen MR) is 104 cm³/mol. The number of nitrogens with zero attached hydrogens (tertiary/aromatic N) is 1. The highest BCUT2D eigenvalue weighted by molar-refractivity contribution is 7.80. The number of aromatic nitrogens is 1. The van der Waals surface area contributed by atoms with Gasteiger partial charge in [0.05, 0.1) is 0 Å². The molecule has 1 aromatic heterocycles. The summed E-state index contributed by atoms with van der Waals surface area (Å²) in [5.74, 6) is 0.453. The lowest BCUT2D eigenvalue weighted by atomic mass is 10.1. The monoisotopic (exact) mass is 353 g/mol. The molecule has 2 aromatic carbocycles. The van der Waals surface area contributed by atoms with Gasteiger partial charge in [-0.2, -0.15) is 0 Å². The number of rotatable bonds is 3. The van der Waals surface area contributed by atoms with Gasteiger partial charge in [-0.05, 0) is 67.5 Å². The molecule has 0 spiro atoms. The molecular formula is C19H19N3O2S. The number of aryl methyl sites for hydroxylation is 2. The van der Waals surface area contributed by atoms with Crippen LogP contribution in [0.25, 0.3) is 22.6 Å². The molecule has 0 radical (unpaired) electrons. The molecule has 25 heavy (non-hydrogen) atoms. The van der Waals surface area contributed by atoms with E-state index in [0.29, 0.717) is 17.9 Å². The van der Waals surface area contributed by atoms with Gasteiger partial charge in [0.2, 0.25) is 11.8 Å². The van der Waals surface area contributed by atoms with Crippen LogP contribution in [0.3, 0.4) is 0 Å². The van der Waals surface area contributed by atoms with Crippen molar-refractivity contribution >= 4 is 40.0 Å². The third-order valence-corrected chi connectivity index (χ3v) is 4.18. The first-order valence-electron chi connectivity index (χ1n) is 8.05. The Balaban J connectivity index is 1.85. The number of carbonyl (C=O) groups excluding carboxylic acids is 1. The lowest BCUT2D eigenvalue weighted by molar-refractivity contribution is -0.119. The Kier molecular flexibility index (Phi) is 4.81. The van der Waals surface area contributed by atoms with Crippen molar-refractivity contribution in [3.63, 3.8) is 0 Å². The summed E-state index contributed by atoms with van der Waals surface area (Å²) in [4.78, 5) is 15.9. The zero-order chi connectivity index (χ0) is 18.0. The van der Waals surface area contributed by atoms with E-state index in [1.165, 1.54) is 11.1 Å². The first-order chi connectivity index (χ1) is 12.0. The summed E-state index contributed by atoms with van der Waals surface area (Å²) >= 11 is 5.12. The van der Waals surface area contributed by atoms with E-state index in [9.17, 15) is 4.79 Å². The molecule has 0 atom stereocenters. The van der Waals surface area contributed by atoms with E-state index in [0.717, 1.165) is 16.8 Å². The van der Waals surface area contributed by atoms with E-state index in [-0.39, 0.29) is 11.0 Å². The van der Waals surface area contributed by atoms with Gasteiger partial charge < -0.3 is 15.1 Å². The molecule has 6 heteroatoms. The summed E-state index contributed by atoms with van der Waals surface area (Å²) in [6.45, 7) is 5.91. The van der Waals surface area contributed by atoms with Crippen molar-refractivity contribution in [1.82, 2.24) is 10.3 Å². The number of amides is 1. The minimum atomic E-state index is -0.128. The van der Waals surface area contributed by atoms with Crippen molar-refractivity contribution in [3.05, 3.63) is 47.5 Å². The summed E-state index contributed by atoms with van der Waals surface area (Å²) in [6, 6.07) is 11.6. The van der Waals surface area contributed by atoms with Gasteiger partial charge in [0, 0.05) is 17.7 Å². The van der Waals surface area contributed by atoms with Gasteiger partial charge >= 0.3 is 0 Å². The molecule has 0 bridgehead atoms. The SMILES string of the molecule is CCC(=O)NC(=S)Nc1ccc2oc(-c3ccc(C)c(C)c3)nc2c1. The maximum atomic E-state index is 11.4. The highest BCUT2D eigenvalue weighted by atomic mass is 32.1. The van der Waals surface area contributed by atoms with Crippen molar-refractivity contribution in [3.8, 4) is 11.5 Å². The number of thiocarbonyl (C=S) groups is 1. The normalized spacial score (nSPS) is 10.7. The summed E-state index contributed by atoms with van der Waals surface area (Å²) in [5, 5.41) is 5.86. The summed E-state index contributed by atoms with van der Waals surface area (Å²) in [5.41, 5.74) is 5.53. The highest BCUT2D eigenvalue weighted by Gasteiger charge is 2.10. The van der Waals surface area contributed by atoms with Crippen molar-refractivity contribution in [2.45, 2.75) is 27.2 Å². The largest absolute Gasteiger partial charge is 0.436 e. The van der Waals surface area contributed by atoms with Crippen LogP contribution >= 0.6 is 12.2 Å². The van der Waals surface area contributed by atoms with Crippen LogP contribution in [-0.2, 0) is 4.79 Å². The molecule has 128 valence electrons. The standard InChI is InChI=1S/C19H19N3O2S/c1-4-17(23)22-19(25)20-14-7-8-16-15(10-14)21-18(24-16)13-6-5-11(2)12(3)9-13/h5-10H,4H2,1-3H3,(H2,20,22,23,25). The van der Waals surface area contributed by atoms with Crippen LogP contribution in [0.2, 0.25) is 0 Å². The number of fused-ring (bicyclic) bond motifs is 1. The zero-order valence-corrected chi connectivity index (χ0v) is 15.2. The number of oxazole rings is 1. The molecule has 1 amide bonds. The van der Waals surface area contributed by atoms with E-state index in [1.54, 1.807) is 6.92 Å². The minimum absolute atomic E-state index is 0.128. The first-order valence-corrected chi connectivity index (χ1v) is 8.46. The van der Waals surface area contributed by atoms with Crippen molar-refractivity contribution in [2.75, 3.05) is 5.32 Å². The Morgan fingerprint density at radius 2 is 1.96 bits per heavy atom. The third kappa shape index (κ3) is 3.85. The Hall–Kier alpha value is -2.73. The van der Waals surface area contributed by atoms with Crippen LogP contribution < -0.4 is 10.6 Å². The molecule has 2 N–H and O–H groups in total. The lowest BCUT2D eigenvalue weighted by Gasteiger charge is -2.08. The summed E-state index contributed by atoms with van der Waals surface area (Å²) < 4.78 is 5.85. The molecule has 3 aromatic rings. The molecule has 0 saturated heterocycles. The maximum absolute atomic E-state index is 11.4. The van der Waals surface area contributed by atoms with Crippen molar-refractivity contribution < 1.29 is 9.21 Å². The first kappa shape index (κ1) is 17.1. The molecule has 1 heterocycles. The van der Waals surface area contributed by atoms with Gasteiger partial charge in [-0.25, -0.2) is 4.98 Å². The van der Waals surface area contributed by atoms with E-state index in [1.807, 2.05) is 24.3 Å². The van der Waals surface area contributed by atoms with Gasteiger partial charge in [0.25, 0.3) is 0 Å². The van der Waals surface area contributed by atoms with Crippen molar-refractivity contribution in [1.29, 1.82) is 0 Å². The molecule has 0 aliphatic carbocycles. The fraction of sp³-hybridized carbons (Fsp3) is 0.211. The second kappa shape index (κ2) is 7.03. The molecular weight excluding hydrogens is 334 g/mol. The minimum Gasteiger partial charge on any atom is -0.436 e. The van der Waals surface area contributed by atoms with Crippen LogP contribution in [-0.4, -0.2) is 16.0 Å². The van der Waals surface area contributed by atoms with Crippen molar-refractivity contribution in [2.24, 2.45) is 0 Å². The Morgan fingerprint density at radius 1 is 1.16 bits per heavy atom. The number of hydrogen-bond acceptors (Lipinski definition) is 4. The zero-order valence-electron chi connectivity index (χ0n) is 14.3. The molecule has 0 fully saturated rings. The van der Waals surface area contributed by atoms with Gasteiger partial charge in [0.15, 0.2) is 10.7 Å². The molecule has 5 nitrogen and oxygen atoms in total. The number of benzene rings is 2. The molecule has 0 saturated carbocycles. The van der Waals surface area contributed by atoms with E-state index < -0.39 is 0 Å². The second-order valence-corrected chi connectivity index (χ2v) is 6.26. The lowest BCUT2D eigenvalue weighted by Crippen LogP contribution is -2.33. The molecule has 0 unspecified atom stereocenters. The van der Waals surface area contributed by atoms with Gasteiger partial charge in [-0.1, -0.05) is 13.0 Å². The fourth-order valence-electron chi connectivity index (χ4n) is 2.38. The molecule has 0 aliphatic rings. The van der Waals surface area contributed by atoms with Crippen LogP contribution in [0.4, 0.5) is 5.69 Å². The summed E-state index contributed by atoms with van der Waals surface area (Å²) in [7, 11) is 0. The maximum Gasteiger partial charge on any atom is 0.227 e. The average molecular weight is 353 g/mol. The van der Waals surface area contributed by atoms with Gasteiger partial charge in [0.1, 0.15) is 5.52 Å². The number of hydrogen-bond donors (Lipinski definition) is 2.